The molecule has 0 aromatic heterocycles. The van der Waals surface area contributed by atoms with Gasteiger partial charge < -0.3 is 10.4 Å². The van der Waals surface area contributed by atoms with Crippen molar-refractivity contribution in [1.29, 1.82) is 5.26 Å². The molecule has 102 valence electrons. The van der Waals surface area contributed by atoms with Gasteiger partial charge in [0.15, 0.2) is 0 Å². The van der Waals surface area contributed by atoms with Crippen LogP contribution in [0.15, 0.2) is 18.2 Å². The summed E-state index contributed by atoms with van der Waals surface area (Å²) in [6, 6.07) is 7.62. The first-order valence-corrected chi connectivity index (χ1v) is 6.14. The lowest BCUT2D eigenvalue weighted by Crippen LogP contribution is -2.50. The second-order valence-corrected chi connectivity index (χ2v) is 5.84. The zero-order valence-electron chi connectivity index (χ0n) is 12.0. The molecule has 0 bridgehead atoms. The Hall–Kier alpha value is -2.02. The number of benzene rings is 1. The molecule has 4 nitrogen and oxygen atoms in total. The van der Waals surface area contributed by atoms with Gasteiger partial charge in [-0.15, -0.1) is 0 Å². The number of nitrogens with one attached hydrogen (secondary N) is 1. The predicted octanol–water partition coefficient (Wildman–Crippen LogP) is 3.17. The van der Waals surface area contributed by atoms with E-state index in [9.17, 15) is 9.90 Å². The summed E-state index contributed by atoms with van der Waals surface area (Å²) in [5, 5.41) is 21.6. The highest BCUT2D eigenvalue weighted by molar-refractivity contribution is 5.77. The van der Waals surface area contributed by atoms with E-state index in [1.54, 1.807) is 19.9 Å². The van der Waals surface area contributed by atoms with E-state index < -0.39 is 16.9 Å². The minimum absolute atomic E-state index is 0.522. The summed E-state index contributed by atoms with van der Waals surface area (Å²) < 4.78 is 0. The Bertz CT molecular complexity index is 540. The van der Waals surface area contributed by atoms with Crippen LogP contribution in [0.25, 0.3) is 0 Å². The van der Waals surface area contributed by atoms with E-state index in [4.69, 9.17) is 5.26 Å². The minimum Gasteiger partial charge on any atom is -0.481 e. The van der Waals surface area contributed by atoms with Gasteiger partial charge in [0, 0.05) is 5.54 Å². The number of aliphatic carboxylic acids is 1. The number of anilines is 1. The van der Waals surface area contributed by atoms with Crippen molar-refractivity contribution < 1.29 is 9.90 Å². The zero-order valence-corrected chi connectivity index (χ0v) is 12.0. The standard InChI is InChI=1S/C15H20N2O2/c1-10-6-7-12(11(8-10)9-16)17-15(4,5)14(2,3)13(18)19/h6-8,17H,1-5H3,(H,18,19). The van der Waals surface area contributed by atoms with Crippen LogP contribution >= 0.6 is 0 Å². The van der Waals surface area contributed by atoms with Crippen LogP contribution in [0, 0.1) is 23.7 Å². The summed E-state index contributed by atoms with van der Waals surface area (Å²) in [7, 11) is 0. The van der Waals surface area contributed by atoms with E-state index in [-0.39, 0.29) is 0 Å². The number of hydrogen-bond donors (Lipinski definition) is 2. The molecule has 0 saturated heterocycles. The Morgan fingerprint density at radius 1 is 1.32 bits per heavy atom. The Labute approximate surface area is 114 Å². The van der Waals surface area contributed by atoms with Crippen molar-refractivity contribution >= 4 is 11.7 Å². The van der Waals surface area contributed by atoms with Crippen molar-refractivity contribution in [3.05, 3.63) is 29.3 Å². The van der Waals surface area contributed by atoms with Gasteiger partial charge in [-0.05, 0) is 52.3 Å². The fourth-order valence-corrected chi connectivity index (χ4v) is 1.62. The van der Waals surface area contributed by atoms with Crippen LogP contribution in [0.5, 0.6) is 0 Å². The summed E-state index contributed by atoms with van der Waals surface area (Å²) in [6.45, 7) is 8.90. The van der Waals surface area contributed by atoms with Crippen LogP contribution < -0.4 is 5.32 Å². The SMILES string of the molecule is Cc1ccc(NC(C)(C)C(C)(C)C(=O)O)c(C#N)c1. The first kappa shape index (κ1) is 15.0. The second-order valence-electron chi connectivity index (χ2n) is 5.84. The molecule has 0 fully saturated rings. The van der Waals surface area contributed by atoms with Gasteiger partial charge >= 0.3 is 5.97 Å². The molecule has 0 amide bonds. The molecule has 0 aliphatic carbocycles. The lowest BCUT2D eigenvalue weighted by Gasteiger charge is -2.39. The number of nitriles is 1. The fraction of sp³-hybridized carbons (Fsp3) is 0.467. The number of hydrogen-bond acceptors (Lipinski definition) is 3. The average molecular weight is 260 g/mol. The van der Waals surface area contributed by atoms with E-state index in [2.05, 4.69) is 11.4 Å². The number of aryl methyl sites for hydroxylation is 1. The molecule has 0 unspecified atom stereocenters. The average Bonchev–Trinajstić information content (AvgIpc) is 2.30. The third-order valence-corrected chi connectivity index (χ3v) is 3.84. The molecule has 0 heterocycles. The quantitative estimate of drug-likeness (QED) is 0.872. The molecule has 0 radical (unpaired) electrons. The third-order valence-electron chi connectivity index (χ3n) is 3.84. The normalized spacial score (nSPS) is 11.8. The van der Waals surface area contributed by atoms with Gasteiger partial charge in [-0.3, -0.25) is 4.79 Å². The van der Waals surface area contributed by atoms with Crippen molar-refractivity contribution in [2.45, 2.75) is 40.2 Å². The maximum atomic E-state index is 11.4. The fourth-order valence-electron chi connectivity index (χ4n) is 1.62. The highest BCUT2D eigenvalue weighted by Gasteiger charge is 2.43. The predicted molar refractivity (Wildman–Crippen MR) is 75.0 cm³/mol. The Morgan fingerprint density at radius 3 is 2.37 bits per heavy atom. The summed E-state index contributed by atoms with van der Waals surface area (Å²) in [5.74, 6) is -0.879. The molecule has 0 atom stereocenters. The zero-order chi connectivity index (χ0) is 14.8. The van der Waals surface area contributed by atoms with Gasteiger partial charge in [0.25, 0.3) is 0 Å². The molecule has 19 heavy (non-hydrogen) atoms. The molecule has 0 aliphatic rings. The van der Waals surface area contributed by atoms with Gasteiger partial charge in [0.2, 0.25) is 0 Å². The van der Waals surface area contributed by atoms with Crippen LogP contribution in [0.4, 0.5) is 5.69 Å². The largest absolute Gasteiger partial charge is 0.481 e. The molecule has 0 spiro atoms. The maximum Gasteiger partial charge on any atom is 0.311 e. The monoisotopic (exact) mass is 260 g/mol. The van der Waals surface area contributed by atoms with E-state index in [0.29, 0.717) is 11.3 Å². The molecule has 0 aliphatic heterocycles. The summed E-state index contributed by atoms with van der Waals surface area (Å²) in [5.41, 5.74) is 0.517. The number of nitrogens with zero attached hydrogens (tertiary/aromatic N) is 1. The van der Waals surface area contributed by atoms with E-state index in [1.807, 2.05) is 32.9 Å². The van der Waals surface area contributed by atoms with Crippen LogP contribution in [0.3, 0.4) is 0 Å². The Kier molecular flexibility index (Phi) is 3.90. The Balaban J connectivity index is 3.16. The van der Waals surface area contributed by atoms with Crippen LogP contribution in [-0.4, -0.2) is 16.6 Å². The van der Waals surface area contributed by atoms with Crippen LogP contribution in [0.2, 0.25) is 0 Å². The molecule has 4 heteroatoms. The molecule has 0 saturated carbocycles. The number of carboxylic acid groups (broad SMARTS) is 1. The molecular formula is C15H20N2O2. The molecule has 1 aromatic carbocycles. The Morgan fingerprint density at radius 2 is 1.89 bits per heavy atom. The van der Waals surface area contributed by atoms with Crippen molar-refractivity contribution in [3.63, 3.8) is 0 Å². The summed E-state index contributed by atoms with van der Waals surface area (Å²) in [6.07, 6.45) is 0. The van der Waals surface area contributed by atoms with Crippen LogP contribution in [-0.2, 0) is 4.79 Å². The third kappa shape index (κ3) is 2.87. The van der Waals surface area contributed by atoms with E-state index in [1.165, 1.54) is 0 Å². The molecule has 1 rings (SSSR count). The smallest absolute Gasteiger partial charge is 0.311 e. The second kappa shape index (κ2) is 4.93. The minimum atomic E-state index is -0.968. The number of carbonyl (C=O) groups is 1. The number of rotatable bonds is 4. The summed E-state index contributed by atoms with van der Waals surface area (Å²) in [4.78, 5) is 11.4. The van der Waals surface area contributed by atoms with Crippen molar-refractivity contribution in [2.75, 3.05) is 5.32 Å². The van der Waals surface area contributed by atoms with Crippen molar-refractivity contribution in [1.82, 2.24) is 0 Å². The van der Waals surface area contributed by atoms with E-state index >= 15 is 0 Å². The van der Waals surface area contributed by atoms with Crippen molar-refractivity contribution in [2.24, 2.45) is 5.41 Å². The first-order valence-electron chi connectivity index (χ1n) is 6.14. The molecule has 2 N–H and O–H groups in total. The highest BCUT2D eigenvalue weighted by atomic mass is 16.4. The lowest BCUT2D eigenvalue weighted by molar-refractivity contribution is -0.149. The number of carboxylic acids is 1. The van der Waals surface area contributed by atoms with E-state index in [0.717, 1.165) is 5.56 Å². The topological polar surface area (TPSA) is 73.1 Å². The van der Waals surface area contributed by atoms with Gasteiger partial charge in [0.05, 0.1) is 16.7 Å². The van der Waals surface area contributed by atoms with Gasteiger partial charge in [-0.1, -0.05) is 6.07 Å². The van der Waals surface area contributed by atoms with Gasteiger partial charge in [-0.2, -0.15) is 5.26 Å². The van der Waals surface area contributed by atoms with Gasteiger partial charge in [-0.25, -0.2) is 0 Å². The molecular weight excluding hydrogens is 240 g/mol. The lowest BCUT2D eigenvalue weighted by atomic mass is 9.74. The summed E-state index contributed by atoms with van der Waals surface area (Å²) >= 11 is 0. The highest BCUT2D eigenvalue weighted by Crippen LogP contribution is 2.34. The maximum absolute atomic E-state index is 11.4. The first-order chi connectivity index (χ1) is 8.61. The van der Waals surface area contributed by atoms with Crippen molar-refractivity contribution in [3.8, 4) is 6.07 Å². The van der Waals surface area contributed by atoms with Gasteiger partial charge in [0.1, 0.15) is 6.07 Å². The molecule has 1 aromatic rings. The van der Waals surface area contributed by atoms with Crippen LogP contribution in [0.1, 0.15) is 38.8 Å².